The summed E-state index contributed by atoms with van der Waals surface area (Å²) in [6.45, 7) is 2.75. The van der Waals surface area contributed by atoms with Crippen molar-refractivity contribution in [2.24, 2.45) is 0 Å². The molecule has 0 aliphatic carbocycles. The summed E-state index contributed by atoms with van der Waals surface area (Å²) in [5.41, 5.74) is 2.78. The molecule has 3 aromatic rings. The van der Waals surface area contributed by atoms with Crippen molar-refractivity contribution in [1.29, 1.82) is 0 Å². The molecule has 0 spiro atoms. The Hall–Kier alpha value is -3.28. The number of hydrogen-bond donors (Lipinski definition) is 1. The summed E-state index contributed by atoms with van der Waals surface area (Å²) in [7, 11) is 0. The van der Waals surface area contributed by atoms with Crippen molar-refractivity contribution in [3.63, 3.8) is 0 Å². The van der Waals surface area contributed by atoms with Gasteiger partial charge in [-0.25, -0.2) is 9.97 Å². The third-order valence-electron chi connectivity index (χ3n) is 4.68. The van der Waals surface area contributed by atoms with Crippen LogP contribution >= 0.6 is 0 Å². The van der Waals surface area contributed by atoms with Gasteiger partial charge in [0, 0.05) is 41.9 Å². The summed E-state index contributed by atoms with van der Waals surface area (Å²) in [6.07, 6.45) is 4.99. The normalized spacial score (nSPS) is 16.6. The van der Waals surface area contributed by atoms with Crippen LogP contribution in [0.2, 0.25) is 0 Å². The van der Waals surface area contributed by atoms with E-state index in [0.717, 1.165) is 29.8 Å². The lowest BCUT2D eigenvalue weighted by atomic mass is 10.2. The van der Waals surface area contributed by atoms with Crippen molar-refractivity contribution in [3.8, 4) is 11.4 Å². The number of nitrogens with one attached hydrogen (secondary N) is 1. The molecular formula is C21H21N5O. The van der Waals surface area contributed by atoms with Crippen LogP contribution in [0.1, 0.15) is 19.0 Å². The predicted molar refractivity (Wildman–Crippen MR) is 105 cm³/mol. The number of rotatable bonds is 5. The maximum Gasteiger partial charge on any atom is 0.249 e. The van der Waals surface area contributed by atoms with Gasteiger partial charge in [0.1, 0.15) is 11.9 Å². The van der Waals surface area contributed by atoms with Gasteiger partial charge in [-0.15, -0.1) is 0 Å². The molecule has 1 aliphatic rings. The highest BCUT2D eigenvalue weighted by Crippen LogP contribution is 2.24. The van der Waals surface area contributed by atoms with Crippen molar-refractivity contribution in [1.82, 2.24) is 15.0 Å². The molecule has 1 aliphatic heterocycles. The number of carbonyl (C=O) groups is 1. The van der Waals surface area contributed by atoms with E-state index in [1.807, 2.05) is 53.4 Å². The summed E-state index contributed by atoms with van der Waals surface area (Å²) in [4.78, 5) is 27.9. The fourth-order valence-corrected chi connectivity index (χ4v) is 3.24. The monoisotopic (exact) mass is 359 g/mol. The zero-order chi connectivity index (χ0) is 18.6. The first-order valence-electron chi connectivity index (χ1n) is 9.16. The van der Waals surface area contributed by atoms with E-state index in [2.05, 4.69) is 27.2 Å². The van der Waals surface area contributed by atoms with E-state index in [4.69, 9.17) is 0 Å². The minimum Gasteiger partial charge on any atom is -0.358 e. The minimum absolute atomic E-state index is 0.0725. The Kier molecular flexibility index (Phi) is 4.78. The van der Waals surface area contributed by atoms with E-state index in [1.165, 1.54) is 0 Å². The Labute approximate surface area is 158 Å². The number of aryl methyl sites for hydroxylation is 1. The highest BCUT2D eigenvalue weighted by atomic mass is 16.2. The van der Waals surface area contributed by atoms with Gasteiger partial charge in [-0.3, -0.25) is 9.78 Å². The fourth-order valence-electron chi connectivity index (χ4n) is 3.24. The molecule has 136 valence electrons. The van der Waals surface area contributed by atoms with Crippen LogP contribution in [0.5, 0.6) is 0 Å². The number of benzene rings is 1. The number of para-hydroxylation sites is 1. The first-order valence-corrected chi connectivity index (χ1v) is 9.16. The lowest BCUT2D eigenvalue weighted by molar-refractivity contribution is -0.117. The van der Waals surface area contributed by atoms with E-state index in [-0.39, 0.29) is 11.9 Å². The van der Waals surface area contributed by atoms with Gasteiger partial charge in [0.05, 0.1) is 0 Å². The molecule has 6 nitrogen and oxygen atoms in total. The second-order valence-electron chi connectivity index (χ2n) is 6.47. The standard InChI is InChI=1S/C21H21N5O/c1-2-16-14-19(25-20(23-16)15-8-11-22-12-9-15)24-18-10-13-26(21(18)27)17-6-4-3-5-7-17/h3-9,11-12,14,18H,2,10,13H2,1H3,(H,23,24,25). The Morgan fingerprint density at radius 2 is 1.89 bits per heavy atom. The molecule has 1 aromatic carbocycles. The van der Waals surface area contributed by atoms with Crippen molar-refractivity contribution in [2.45, 2.75) is 25.8 Å². The molecule has 1 fully saturated rings. The molecular weight excluding hydrogens is 338 g/mol. The second kappa shape index (κ2) is 7.53. The molecule has 6 heteroatoms. The molecule has 0 radical (unpaired) electrons. The first-order chi connectivity index (χ1) is 13.2. The number of carbonyl (C=O) groups excluding carboxylic acids is 1. The fraction of sp³-hybridized carbons (Fsp3) is 0.238. The van der Waals surface area contributed by atoms with Crippen LogP contribution in [0.4, 0.5) is 11.5 Å². The van der Waals surface area contributed by atoms with Crippen LogP contribution < -0.4 is 10.2 Å². The van der Waals surface area contributed by atoms with Gasteiger partial charge in [-0.2, -0.15) is 0 Å². The largest absolute Gasteiger partial charge is 0.358 e. The third-order valence-corrected chi connectivity index (χ3v) is 4.68. The van der Waals surface area contributed by atoms with Crippen LogP contribution in [-0.4, -0.2) is 33.4 Å². The average molecular weight is 359 g/mol. The molecule has 1 saturated heterocycles. The third kappa shape index (κ3) is 3.65. The van der Waals surface area contributed by atoms with Gasteiger partial charge >= 0.3 is 0 Å². The number of amides is 1. The van der Waals surface area contributed by atoms with Crippen molar-refractivity contribution in [3.05, 3.63) is 66.6 Å². The second-order valence-corrected chi connectivity index (χ2v) is 6.47. The zero-order valence-corrected chi connectivity index (χ0v) is 15.2. The molecule has 0 saturated carbocycles. The van der Waals surface area contributed by atoms with Crippen LogP contribution in [-0.2, 0) is 11.2 Å². The van der Waals surface area contributed by atoms with Gasteiger partial charge in [-0.05, 0) is 37.1 Å². The quantitative estimate of drug-likeness (QED) is 0.757. The van der Waals surface area contributed by atoms with E-state index in [1.54, 1.807) is 12.4 Å². The minimum atomic E-state index is -0.282. The van der Waals surface area contributed by atoms with Gasteiger partial charge in [0.15, 0.2) is 5.82 Å². The van der Waals surface area contributed by atoms with E-state index in [0.29, 0.717) is 18.2 Å². The highest BCUT2D eigenvalue weighted by Gasteiger charge is 2.32. The van der Waals surface area contributed by atoms with Crippen LogP contribution in [0.25, 0.3) is 11.4 Å². The molecule has 2 aromatic heterocycles. The molecule has 27 heavy (non-hydrogen) atoms. The van der Waals surface area contributed by atoms with Crippen molar-refractivity contribution in [2.75, 3.05) is 16.8 Å². The topological polar surface area (TPSA) is 71.0 Å². The molecule has 1 N–H and O–H groups in total. The molecule has 1 amide bonds. The maximum absolute atomic E-state index is 12.8. The van der Waals surface area contributed by atoms with Gasteiger partial charge < -0.3 is 10.2 Å². The number of hydrogen-bond acceptors (Lipinski definition) is 5. The first kappa shape index (κ1) is 17.1. The zero-order valence-electron chi connectivity index (χ0n) is 15.2. The summed E-state index contributed by atoms with van der Waals surface area (Å²) < 4.78 is 0. The van der Waals surface area contributed by atoms with Crippen molar-refractivity contribution >= 4 is 17.4 Å². The van der Waals surface area contributed by atoms with Gasteiger partial charge in [0.25, 0.3) is 0 Å². The maximum atomic E-state index is 12.8. The summed E-state index contributed by atoms with van der Waals surface area (Å²) in [5, 5.41) is 3.32. The smallest absolute Gasteiger partial charge is 0.249 e. The summed E-state index contributed by atoms with van der Waals surface area (Å²) in [5.74, 6) is 1.40. The molecule has 3 heterocycles. The highest BCUT2D eigenvalue weighted by molar-refractivity contribution is 6.00. The van der Waals surface area contributed by atoms with E-state index >= 15 is 0 Å². The summed E-state index contributed by atoms with van der Waals surface area (Å²) in [6, 6.07) is 15.2. The number of aromatic nitrogens is 3. The average Bonchev–Trinajstić information content (AvgIpc) is 3.09. The Bertz CT molecular complexity index is 930. The Balaban J connectivity index is 1.57. The SMILES string of the molecule is CCc1cc(NC2CCN(c3ccccc3)C2=O)nc(-c2ccncc2)n1. The van der Waals surface area contributed by atoms with E-state index in [9.17, 15) is 4.79 Å². The number of anilines is 2. The lowest BCUT2D eigenvalue weighted by Crippen LogP contribution is -2.33. The predicted octanol–water partition coefficient (Wildman–Crippen LogP) is 3.32. The molecule has 1 atom stereocenters. The van der Waals surface area contributed by atoms with Crippen molar-refractivity contribution < 1.29 is 4.79 Å². The molecule has 4 rings (SSSR count). The van der Waals surface area contributed by atoms with Crippen LogP contribution in [0.15, 0.2) is 60.9 Å². The number of pyridine rings is 1. The summed E-state index contributed by atoms with van der Waals surface area (Å²) >= 11 is 0. The molecule has 0 bridgehead atoms. The number of nitrogens with zero attached hydrogens (tertiary/aromatic N) is 4. The molecule has 1 unspecified atom stereocenters. The van der Waals surface area contributed by atoms with Crippen LogP contribution in [0.3, 0.4) is 0 Å². The lowest BCUT2D eigenvalue weighted by Gasteiger charge is -2.17. The van der Waals surface area contributed by atoms with Gasteiger partial charge in [-0.1, -0.05) is 25.1 Å². The van der Waals surface area contributed by atoms with Crippen LogP contribution in [0, 0.1) is 0 Å². The Morgan fingerprint density at radius 1 is 1.11 bits per heavy atom. The van der Waals surface area contributed by atoms with E-state index < -0.39 is 0 Å². The Morgan fingerprint density at radius 3 is 2.63 bits per heavy atom. The van der Waals surface area contributed by atoms with Gasteiger partial charge in [0.2, 0.25) is 5.91 Å².